The average Bonchev–Trinajstić information content (AvgIpc) is 3.07. The summed E-state index contributed by atoms with van der Waals surface area (Å²) in [4.78, 5) is 53.6. The van der Waals surface area contributed by atoms with Crippen molar-refractivity contribution in [2.75, 3.05) is 6.54 Å². The first-order valence-corrected chi connectivity index (χ1v) is 8.58. The second-order valence-electron chi connectivity index (χ2n) is 6.85. The van der Waals surface area contributed by atoms with Crippen LogP contribution in [0, 0.1) is 5.92 Å². The van der Waals surface area contributed by atoms with Gasteiger partial charge in [0, 0.05) is 6.54 Å². The van der Waals surface area contributed by atoms with Crippen molar-refractivity contribution in [3.8, 4) is 0 Å². The van der Waals surface area contributed by atoms with E-state index in [1.165, 1.54) is 4.90 Å². The summed E-state index contributed by atoms with van der Waals surface area (Å²) in [5.41, 5.74) is -0.868. The first-order valence-electron chi connectivity index (χ1n) is 8.58. The minimum absolute atomic E-state index is 0.265. The van der Waals surface area contributed by atoms with Crippen LogP contribution in [0.4, 0.5) is 0 Å². The SMILES string of the molecule is CC(C)[C@@H](C(=O)N1CCC[C@H]1C(=O)[O-])n1c(=O)[nH]c2ccccc2c1=O. The van der Waals surface area contributed by atoms with Gasteiger partial charge in [-0.25, -0.2) is 9.36 Å². The summed E-state index contributed by atoms with van der Waals surface area (Å²) in [7, 11) is 0. The third-order valence-corrected chi connectivity index (χ3v) is 4.81. The predicted octanol–water partition coefficient (Wildman–Crippen LogP) is -0.372. The fourth-order valence-electron chi connectivity index (χ4n) is 3.57. The number of amides is 1. The topological polar surface area (TPSA) is 115 Å². The van der Waals surface area contributed by atoms with Gasteiger partial charge in [-0.1, -0.05) is 26.0 Å². The molecule has 0 radical (unpaired) electrons. The molecule has 8 heteroatoms. The maximum absolute atomic E-state index is 13.1. The first-order chi connectivity index (χ1) is 12.3. The van der Waals surface area contributed by atoms with Gasteiger partial charge in [0.15, 0.2) is 0 Å². The van der Waals surface area contributed by atoms with E-state index < -0.39 is 35.2 Å². The molecule has 1 saturated heterocycles. The van der Waals surface area contributed by atoms with Crippen LogP contribution in [0.2, 0.25) is 0 Å². The van der Waals surface area contributed by atoms with Gasteiger partial charge in [0.05, 0.1) is 22.9 Å². The number of aromatic nitrogens is 2. The third-order valence-electron chi connectivity index (χ3n) is 4.81. The molecule has 138 valence electrons. The maximum atomic E-state index is 13.1. The van der Waals surface area contributed by atoms with E-state index >= 15 is 0 Å². The minimum atomic E-state index is -1.32. The second kappa shape index (κ2) is 6.78. The zero-order chi connectivity index (χ0) is 19.0. The highest BCUT2D eigenvalue weighted by atomic mass is 16.4. The summed E-state index contributed by atoms with van der Waals surface area (Å²) in [5.74, 6) is -2.25. The Morgan fingerprint density at radius 2 is 1.92 bits per heavy atom. The molecule has 1 aliphatic heterocycles. The molecule has 2 atom stereocenters. The molecule has 3 rings (SSSR count). The van der Waals surface area contributed by atoms with Crippen LogP contribution in [0.5, 0.6) is 0 Å². The lowest BCUT2D eigenvalue weighted by Gasteiger charge is -2.31. The standard InChI is InChI=1S/C18H21N3O5/c1-10(2)14(16(23)20-9-5-8-13(20)17(24)25)21-15(22)11-6-3-4-7-12(11)19-18(21)26/h3-4,6-7,10,13-14H,5,8-9H2,1-2H3,(H,19,26)(H,24,25)/p-1/t13-,14-/m0/s1. The van der Waals surface area contributed by atoms with Gasteiger partial charge in [-0.2, -0.15) is 0 Å². The lowest BCUT2D eigenvalue weighted by Crippen LogP contribution is -2.52. The van der Waals surface area contributed by atoms with E-state index in [-0.39, 0.29) is 12.5 Å². The Balaban J connectivity index is 2.14. The highest BCUT2D eigenvalue weighted by Crippen LogP contribution is 2.25. The molecule has 1 N–H and O–H groups in total. The van der Waals surface area contributed by atoms with Crippen molar-refractivity contribution in [1.29, 1.82) is 0 Å². The van der Waals surface area contributed by atoms with Crippen molar-refractivity contribution in [1.82, 2.24) is 14.5 Å². The van der Waals surface area contributed by atoms with Crippen molar-refractivity contribution >= 4 is 22.8 Å². The largest absolute Gasteiger partial charge is 0.548 e. The number of likely N-dealkylation sites (tertiary alicyclic amines) is 1. The average molecular weight is 358 g/mol. The van der Waals surface area contributed by atoms with Gasteiger partial charge in [-0.15, -0.1) is 0 Å². The Kier molecular flexibility index (Phi) is 4.67. The molecule has 1 fully saturated rings. The van der Waals surface area contributed by atoms with Crippen LogP contribution in [0.15, 0.2) is 33.9 Å². The fourth-order valence-corrected chi connectivity index (χ4v) is 3.57. The quantitative estimate of drug-likeness (QED) is 0.800. The second-order valence-corrected chi connectivity index (χ2v) is 6.85. The van der Waals surface area contributed by atoms with E-state index in [1.807, 2.05) is 0 Å². The lowest BCUT2D eigenvalue weighted by molar-refractivity contribution is -0.310. The zero-order valence-electron chi connectivity index (χ0n) is 14.6. The molecule has 1 amide bonds. The monoisotopic (exact) mass is 358 g/mol. The number of nitrogens with zero attached hydrogens (tertiary/aromatic N) is 2. The molecule has 0 unspecified atom stereocenters. The number of hydrogen-bond acceptors (Lipinski definition) is 5. The van der Waals surface area contributed by atoms with Crippen LogP contribution in [0.1, 0.15) is 32.7 Å². The number of aromatic amines is 1. The normalized spacial score (nSPS) is 18.4. The van der Waals surface area contributed by atoms with Crippen LogP contribution in [-0.4, -0.2) is 38.9 Å². The van der Waals surface area contributed by atoms with E-state index in [0.717, 1.165) is 4.57 Å². The summed E-state index contributed by atoms with van der Waals surface area (Å²) in [5, 5.41) is 11.6. The van der Waals surface area contributed by atoms with Crippen molar-refractivity contribution in [3.05, 3.63) is 45.1 Å². The number of rotatable bonds is 4. The zero-order valence-corrected chi connectivity index (χ0v) is 14.6. The Morgan fingerprint density at radius 1 is 1.23 bits per heavy atom. The highest BCUT2D eigenvalue weighted by molar-refractivity contribution is 5.86. The van der Waals surface area contributed by atoms with Gasteiger partial charge in [-0.05, 0) is 30.9 Å². The van der Waals surface area contributed by atoms with E-state index in [4.69, 9.17) is 0 Å². The number of hydrogen-bond donors (Lipinski definition) is 1. The van der Waals surface area contributed by atoms with Crippen molar-refractivity contribution < 1.29 is 14.7 Å². The number of nitrogens with one attached hydrogen (secondary N) is 1. The highest BCUT2D eigenvalue weighted by Gasteiger charge is 2.37. The molecule has 26 heavy (non-hydrogen) atoms. The van der Waals surface area contributed by atoms with Crippen LogP contribution in [-0.2, 0) is 9.59 Å². The number of fused-ring (bicyclic) bond motifs is 1. The van der Waals surface area contributed by atoms with Gasteiger partial charge in [0.1, 0.15) is 6.04 Å². The number of carboxylic acid groups (broad SMARTS) is 1. The minimum Gasteiger partial charge on any atom is -0.548 e. The molecule has 8 nitrogen and oxygen atoms in total. The summed E-state index contributed by atoms with van der Waals surface area (Å²) < 4.78 is 0.903. The molecule has 1 aliphatic rings. The fraction of sp³-hybridized carbons (Fsp3) is 0.444. The molecule has 0 spiro atoms. The Labute approximate surface area is 149 Å². The van der Waals surface area contributed by atoms with Gasteiger partial charge in [-0.3, -0.25) is 9.59 Å². The molecular formula is C18H20N3O5-. The smallest absolute Gasteiger partial charge is 0.329 e. The number of para-hydroxylation sites is 1. The number of aliphatic carboxylic acids is 1. The van der Waals surface area contributed by atoms with Crippen molar-refractivity contribution in [2.45, 2.75) is 38.8 Å². The van der Waals surface area contributed by atoms with E-state index in [2.05, 4.69) is 4.98 Å². The summed E-state index contributed by atoms with van der Waals surface area (Å²) >= 11 is 0. The summed E-state index contributed by atoms with van der Waals surface area (Å²) in [6.45, 7) is 3.70. The van der Waals surface area contributed by atoms with E-state index in [1.54, 1.807) is 38.1 Å². The van der Waals surface area contributed by atoms with Crippen LogP contribution < -0.4 is 16.4 Å². The molecule has 2 aromatic rings. The summed E-state index contributed by atoms with van der Waals surface area (Å²) in [6.07, 6.45) is 0.847. The molecular weight excluding hydrogens is 338 g/mol. The molecule has 1 aromatic carbocycles. The molecule has 0 aliphatic carbocycles. The number of benzene rings is 1. The van der Waals surface area contributed by atoms with Gasteiger partial charge >= 0.3 is 5.69 Å². The number of carboxylic acids is 1. The predicted molar refractivity (Wildman–Crippen MR) is 92.4 cm³/mol. The van der Waals surface area contributed by atoms with Gasteiger partial charge in [0.25, 0.3) is 5.56 Å². The van der Waals surface area contributed by atoms with Crippen LogP contribution in [0.25, 0.3) is 10.9 Å². The molecule has 1 aromatic heterocycles. The Hall–Kier alpha value is -2.90. The van der Waals surface area contributed by atoms with Crippen LogP contribution >= 0.6 is 0 Å². The Bertz CT molecular complexity index is 975. The Morgan fingerprint density at radius 3 is 2.58 bits per heavy atom. The van der Waals surface area contributed by atoms with E-state index in [9.17, 15) is 24.3 Å². The summed E-state index contributed by atoms with van der Waals surface area (Å²) in [6, 6.07) is 4.44. The molecule has 0 saturated carbocycles. The van der Waals surface area contributed by atoms with Crippen molar-refractivity contribution in [3.63, 3.8) is 0 Å². The van der Waals surface area contributed by atoms with Crippen LogP contribution in [0.3, 0.4) is 0 Å². The molecule has 2 heterocycles. The maximum Gasteiger partial charge on any atom is 0.329 e. The van der Waals surface area contributed by atoms with Gasteiger partial charge in [0.2, 0.25) is 5.91 Å². The third kappa shape index (κ3) is 2.91. The molecule has 0 bridgehead atoms. The van der Waals surface area contributed by atoms with E-state index in [0.29, 0.717) is 23.7 Å². The number of carbonyl (C=O) groups excluding carboxylic acids is 2. The van der Waals surface area contributed by atoms with Gasteiger partial charge < -0.3 is 19.8 Å². The first kappa shape index (κ1) is 17.9. The number of H-pyrrole nitrogens is 1. The lowest BCUT2D eigenvalue weighted by atomic mass is 10.0. The number of carbonyl (C=O) groups is 2. The van der Waals surface area contributed by atoms with Crippen molar-refractivity contribution in [2.24, 2.45) is 5.92 Å².